The lowest BCUT2D eigenvalue weighted by molar-refractivity contribution is -0.126. The first-order valence-corrected chi connectivity index (χ1v) is 8.25. The molecule has 3 N–H and O–H groups in total. The summed E-state index contributed by atoms with van der Waals surface area (Å²) in [5.41, 5.74) is 4.09. The minimum atomic E-state index is -0.403. The first kappa shape index (κ1) is 17.0. The van der Waals surface area contributed by atoms with Crippen LogP contribution >= 0.6 is 0 Å². The van der Waals surface area contributed by atoms with E-state index in [2.05, 4.69) is 17.6 Å². The molecule has 0 saturated carbocycles. The van der Waals surface area contributed by atoms with Crippen molar-refractivity contribution in [2.45, 2.75) is 12.8 Å². The van der Waals surface area contributed by atoms with Gasteiger partial charge in [0.05, 0.1) is 12.5 Å². The second-order valence-electron chi connectivity index (χ2n) is 5.99. The van der Waals surface area contributed by atoms with E-state index in [1.807, 2.05) is 42.5 Å². The fourth-order valence-corrected chi connectivity index (χ4v) is 2.90. The van der Waals surface area contributed by atoms with E-state index in [1.54, 1.807) is 4.90 Å². The molecule has 1 saturated heterocycles. The van der Waals surface area contributed by atoms with Crippen LogP contribution < -0.4 is 20.9 Å². The van der Waals surface area contributed by atoms with Crippen LogP contribution in [0, 0.1) is 5.92 Å². The number of rotatable bonds is 6. The lowest BCUT2D eigenvalue weighted by atomic mass is 10.1. The van der Waals surface area contributed by atoms with E-state index in [1.165, 1.54) is 5.56 Å². The molecular formula is C19H21N3O3. The Morgan fingerprint density at radius 3 is 2.56 bits per heavy atom. The van der Waals surface area contributed by atoms with Crippen LogP contribution in [0.4, 0.5) is 5.69 Å². The van der Waals surface area contributed by atoms with E-state index >= 15 is 0 Å². The van der Waals surface area contributed by atoms with Gasteiger partial charge in [0.25, 0.3) is 0 Å². The number of anilines is 1. The summed E-state index contributed by atoms with van der Waals surface area (Å²) in [6.45, 7) is 0.931. The molecule has 0 aliphatic carbocycles. The third kappa shape index (κ3) is 4.16. The first-order valence-electron chi connectivity index (χ1n) is 8.25. The highest BCUT2D eigenvalue weighted by Crippen LogP contribution is 2.27. The molecule has 1 aliphatic rings. The van der Waals surface area contributed by atoms with E-state index in [0.717, 1.165) is 17.9 Å². The molecule has 0 aromatic heterocycles. The highest BCUT2D eigenvalue weighted by atomic mass is 16.5. The Morgan fingerprint density at radius 2 is 1.88 bits per heavy atom. The van der Waals surface area contributed by atoms with Crippen molar-refractivity contribution in [1.29, 1.82) is 0 Å². The summed E-state index contributed by atoms with van der Waals surface area (Å²) >= 11 is 0. The predicted molar refractivity (Wildman–Crippen MR) is 94.9 cm³/mol. The number of nitrogens with two attached hydrogens (primary N) is 1. The molecule has 1 unspecified atom stereocenters. The van der Waals surface area contributed by atoms with E-state index in [0.29, 0.717) is 13.2 Å². The molecule has 1 aliphatic heterocycles. The zero-order chi connectivity index (χ0) is 17.6. The molecule has 6 heteroatoms. The zero-order valence-electron chi connectivity index (χ0n) is 13.9. The number of hydrogen-bond donors (Lipinski definition) is 2. The smallest absolute Gasteiger partial charge is 0.239 e. The van der Waals surface area contributed by atoms with E-state index in [9.17, 15) is 9.59 Å². The van der Waals surface area contributed by atoms with Crippen LogP contribution in [-0.4, -0.2) is 25.0 Å². The molecule has 130 valence electrons. The van der Waals surface area contributed by atoms with Gasteiger partial charge in [0.1, 0.15) is 5.75 Å². The van der Waals surface area contributed by atoms with Crippen LogP contribution in [0.3, 0.4) is 0 Å². The standard InChI is InChI=1S/C19H21N3O3/c20-21-19(24)15-12-18(23)22(13-15)16-6-8-17(9-7-16)25-11-10-14-4-2-1-3-5-14/h1-9,15H,10-13,20H2,(H,21,24). The molecule has 0 radical (unpaired) electrons. The van der Waals surface area contributed by atoms with Gasteiger partial charge in [-0.3, -0.25) is 15.0 Å². The van der Waals surface area contributed by atoms with Crippen molar-refractivity contribution in [3.8, 4) is 5.75 Å². The van der Waals surface area contributed by atoms with Crippen LogP contribution in [0.5, 0.6) is 5.75 Å². The quantitative estimate of drug-likeness (QED) is 0.476. The van der Waals surface area contributed by atoms with E-state index in [-0.39, 0.29) is 18.2 Å². The Labute approximate surface area is 146 Å². The number of nitrogens with zero attached hydrogens (tertiary/aromatic N) is 1. The number of carbonyl (C=O) groups excluding carboxylic acids is 2. The predicted octanol–water partition coefficient (Wildman–Crippen LogP) is 1.65. The summed E-state index contributed by atoms with van der Waals surface area (Å²) in [7, 11) is 0. The molecule has 0 bridgehead atoms. The van der Waals surface area contributed by atoms with Gasteiger partial charge in [-0.05, 0) is 29.8 Å². The third-order valence-electron chi connectivity index (χ3n) is 4.29. The Kier molecular flexibility index (Phi) is 5.30. The molecule has 25 heavy (non-hydrogen) atoms. The topological polar surface area (TPSA) is 84.7 Å². The van der Waals surface area contributed by atoms with Crippen molar-refractivity contribution in [3.63, 3.8) is 0 Å². The van der Waals surface area contributed by atoms with Crippen molar-refractivity contribution in [2.24, 2.45) is 11.8 Å². The summed E-state index contributed by atoms with van der Waals surface area (Å²) in [4.78, 5) is 25.3. The number of nitrogens with one attached hydrogen (secondary N) is 1. The summed E-state index contributed by atoms with van der Waals surface area (Å²) in [5.74, 6) is 5.11. The van der Waals surface area contributed by atoms with Gasteiger partial charge in [0.15, 0.2) is 0 Å². The van der Waals surface area contributed by atoms with Gasteiger partial charge in [-0.15, -0.1) is 0 Å². The van der Waals surface area contributed by atoms with E-state index < -0.39 is 5.92 Å². The number of hydrogen-bond acceptors (Lipinski definition) is 4. The second kappa shape index (κ2) is 7.81. The maximum atomic E-state index is 12.1. The van der Waals surface area contributed by atoms with Gasteiger partial charge in [0.2, 0.25) is 11.8 Å². The number of carbonyl (C=O) groups is 2. The van der Waals surface area contributed by atoms with Crippen LogP contribution in [0.25, 0.3) is 0 Å². The maximum absolute atomic E-state index is 12.1. The molecular weight excluding hydrogens is 318 g/mol. The van der Waals surface area contributed by atoms with Gasteiger partial charge < -0.3 is 9.64 Å². The van der Waals surface area contributed by atoms with Gasteiger partial charge in [0, 0.05) is 25.1 Å². The van der Waals surface area contributed by atoms with Gasteiger partial charge in [-0.2, -0.15) is 0 Å². The van der Waals surface area contributed by atoms with Gasteiger partial charge in [-0.25, -0.2) is 5.84 Å². The third-order valence-corrected chi connectivity index (χ3v) is 4.29. The largest absolute Gasteiger partial charge is 0.493 e. The van der Waals surface area contributed by atoms with Crippen LogP contribution in [-0.2, 0) is 16.0 Å². The minimum absolute atomic E-state index is 0.0775. The molecule has 3 rings (SSSR count). The normalized spacial score (nSPS) is 16.8. The Morgan fingerprint density at radius 1 is 1.16 bits per heavy atom. The fraction of sp³-hybridized carbons (Fsp3) is 0.263. The summed E-state index contributed by atoms with van der Waals surface area (Å²) in [5, 5.41) is 0. The van der Waals surface area contributed by atoms with Crippen LogP contribution in [0.1, 0.15) is 12.0 Å². The molecule has 2 aromatic rings. The fourth-order valence-electron chi connectivity index (χ4n) is 2.90. The van der Waals surface area contributed by atoms with Crippen molar-refractivity contribution in [1.82, 2.24) is 5.43 Å². The average molecular weight is 339 g/mol. The molecule has 2 aromatic carbocycles. The number of amides is 2. The van der Waals surface area contributed by atoms with Crippen LogP contribution in [0.15, 0.2) is 54.6 Å². The Hall–Kier alpha value is -2.86. The summed E-state index contributed by atoms with van der Waals surface area (Å²) < 4.78 is 5.75. The zero-order valence-corrected chi connectivity index (χ0v) is 13.9. The van der Waals surface area contributed by atoms with Gasteiger partial charge >= 0.3 is 0 Å². The molecule has 2 amide bonds. The lowest BCUT2D eigenvalue weighted by Gasteiger charge is -2.17. The number of ether oxygens (including phenoxy) is 1. The summed E-state index contributed by atoms with van der Waals surface area (Å²) in [6, 6.07) is 17.5. The molecule has 6 nitrogen and oxygen atoms in total. The van der Waals surface area contributed by atoms with Crippen molar-refractivity contribution < 1.29 is 14.3 Å². The van der Waals surface area contributed by atoms with Gasteiger partial charge in [-0.1, -0.05) is 30.3 Å². The van der Waals surface area contributed by atoms with E-state index in [4.69, 9.17) is 10.6 Å². The molecule has 1 heterocycles. The van der Waals surface area contributed by atoms with Crippen molar-refractivity contribution in [3.05, 3.63) is 60.2 Å². The Balaban J connectivity index is 1.55. The Bertz CT molecular complexity index is 731. The number of benzene rings is 2. The molecule has 0 spiro atoms. The highest BCUT2D eigenvalue weighted by Gasteiger charge is 2.34. The first-order chi connectivity index (χ1) is 12.2. The lowest BCUT2D eigenvalue weighted by Crippen LogP contribution is -2.37. The summed E-state index contributed by atoms with van der Waals surface area (Å²) in [6.07, 6.45) is 1.02. The average Bonchev–Trinajstić information content (AvgIpc) is 3.04. The maximum Gasteiger partial charge on any atom is 0.239 e. The van der Waals surface area contributed by atoms with Crippen molar-refractivity contribution in [2.75, 3.05) is 18.1 Å². The van der Waals surface area contributed by atoms with Crippen LogP contribution in [0.2, 0.25) is 0 Å². The highest BCUT2D eigenvalue weighted by molar-refractivity contribution is 6.00. The number of hydrazine groups is 1. The minimum Gasteiger partial charge on any atom is -0.493 e. The van der Waals surface area contributed by atoms with Crippen molar-refractivity contribution >= 4 is 17.5 Å². The monoisotopic (exact) mass is 339 g/mol. The second-order valence-corrected chi connectivity index (χ2v) is 5.99. The molecule has 1 atom stereocenters. The molecule has 1 fully saturated rings. The SMILES string of the molecule is NNC(=O)C1CC(=O)N(c2ccc(OCCc3ccccc3)cc2)C1.